The van der Waals surface area contributed by atoms with Gasteiger partial charge in [0, 0.05) is 0 Å². The Kier molecular flexibility index (Phi) is 15.9. The van der Waals surface area contributed by atoms with Gasteiger partial charge in [-0.15, -0.1) is 0 Å². The second-order valence-electron chi connectivity index (χ2n) is 15.3. The zero-order chi connectivity index (χ0) is 35.9. The number of ether oxygens (including phenoxy) is 2. The van der Waals surface area contributed by atoms with Gasteiger partial charge in [0.15, 0.2) is 0 Å². The van der Waals surface area contributed by atoms with Crippen LogP contribution in [0, 0.1) is 0 Å². The predicted octanol–water partition coefficient (Wildman–Crippen LogP) is 10.1. The van der Waals surface area contributed by atoms with Crippen LogP contribution in [0.5, 0.6) is 5.88 Å². The molecular formula is C36H67FN2O6Si2Sn. The van der Waals surface area contributed by atoms with Crippen LogP contribution in [0.3, 0.4) is 0 Å². The Morgan fingerprint density at radius 2 is 1.44 bits per heavy atom. The topological polar surface area (TPSA) is 81.0 Å². The average molecular weight is 818 g/mol. The van der Waals surface area contributed by atoms with Gasteiger partial charge in [-0.1, -0.05) is 0 Å². The molecule has 0 bridgehead atoms. The summed E-state index contributed by atoms with van der Waals surface area (Å²) in [4.78, 5) is 17.9. The second kappa shape index (κ2) is 18.3. The van der Waals surface area contributed by atoms with Gasteiger partial charge in [-0.05, 0) is 0 Å². The SMILES string of the molecule is CCC[CH2][Sn]([CH2]CCC)([CH2]CCC)/[C](F)=C1/[C@@H]2O[Si](C(C)C)(C(C)C)O[Si](C(C)C)(C(C)C)OC[C@H]2O[C@@H]1n1ccc(OCC)nc1=O. The van der Waals surface area contributed by atoms with Gasteiger partial charge in [0.2, 0.25) is 0 Å². The molecule has 8 nitrogen and oxygen atoms in total. The molecule has 276 valence electrons. The molecule has 0 N–H and O–H groups in total. The van der Waals surface area contributed by atoms with Crippen molar-refractivity contribution in [3.05, 3.63) is 32.2 Å². The molecule has 0 aliphatic carbocycles. The first-order valence-electron chi connectivity index (χ1n) is 19.0. The molecule has 3 heterocycles. The summed E-state index contributed by atoms with van der Waals surface area (Å²) < 4.78 is 57.1. The van der Waals surface area contributed by atoms with Gasteiger partial charge >= 0.3 is 299 Å². The average Bonchev–Trinajstić information content (AvgIpc) is 3.36. The molecule has 3 atom stereocenters. The van der Waals surface area contributed by atoms with Gasteiger partial charge in [0.05, 0.1) is 0 Å². The van der Waals surface area contributed by atoms with E-state index in [1.807, 2.05) is 6.92 Å². The third-order valence-corrected chi connectivity index (χ3v) is 35.6. The van der Waals surface area contributed by atoms with Crippen LogP contribution in [0.2, 0.25) is 35.5 Å². The van der Waals surface area contributed by atoms with Crippen molar-refractivity contribution in [3.63, 3.8) is 0 Å². The van der Waals surface area contributed by atoms with Crippen LogP contribution in [0.4, 0.5) is 4.39 Å². The summed E-state index contributed by atoms with van der Waals surface area (Å²) in [5, 5.41) is 0. The molecule has 2 fully saturated rings. The van der Waals surface area contributed by atoms with Crippen molar-refractivity contribution in [3.8, 4) is 5.88 Å². The van der Waals surface area contributed by atoms with Crippen molar-refractivity contribution >= 4 is 35.5 Å². The van der Waals surface area contributed by atoms with Gasteiger partial charge < -0.3 is 0 Å². The second-order valence-corrected chi connectivity index (χ2v) is 37.0. The molecule has 0 amide bonds. The number of halogens is 1. The number of nitrogens with zero attached hydrogens (tertiary/aromatic N) is 2. The van der Waals surface area contributed by atoms with E-state index in [1.54, 1.807) is 12.3 Å². The molecule has 0 radical (unpaired) electrons. The summed E-state index contributed by atoms with van der Waals surface area (Å²) in [7, 11) is -5.94. The minimum atomic E-state index is -3.70. The fraction of sp³-hybridized carbons (Fsp3) is 0.833. The molecule has 12 heteroatoms. The van der Waals surface area contributed by atoms with Gasteiger partial charge in [-0.25, -0.2) is 0 Å². The predicted molar refractivity (Wildman–Crippen MR) is 200 cm³/mol. The maximum atomic E-state index is 18.3. The Labute approximate surface area is 297 Å². The number of fused-ring (bicyclic) bond motifs is 1. The molecule has 2 aliphatic heterocycles. The molecule has 2 saturated heterocycles. The number of unbranched alkanes of at least 4 members (excludes halogenated alkanes) is 3. The zero-order valence-corrected chi connectivity index (χ0v) is 37.1. The van der Waals surface area contributed by atoms with Crippen molar-refractivity contribution in [1.82, 2.24) is 9.55 Å². The molecule has 0 saturated carbocycles. The van der Waals surface area contributed by atoms with Crippen molar-refractivity contribution < 1.29 is 26.8 Å². The van der Waals surface area contributed by atoms with E-state index in [1.165, 1.54) is 4.57 Å². The molecule has 0 unspecified atom stereocenters. The van der Waals surface area contributed by atoms with E-state index in [0.29, 0.717) is 12.2 Å². The van der Waals surface area contributed by atoms with E-state index in [2.05, 4.69) is 81.1 Å². The van der Waals surface area contributed by atoms with Gasteiger partial charge in [-0.3, -0.25) is 0 Å². The fourth-order valence-corrected chi connectivity index (χ4v) is 34.4. The molecule has 3 rings (SSSR count). The van der Waals surface area contributed by atoms with Crippen LogP contribution < -0.4 is 10.4 Å². The van der Waals surface area contributed by atoms with E-state index in [9.17, 15) is 4.79 Å². The number of aromatic nitrogens is 2. The molecule has 0 spiro atoms. The van der Waals surface area contributed by atoms with Crippen molar-refractivity contribution in [1.29, 1.82) is 0 Å². The van der Waals surface area contributed by atoms with E-state index < -0.39 is 59.6 Å². The Bertz CT molecular complexity index is 1220. The summed E-state index contributed by atoms with van der Waals surface area (Å²) in [6.45, 7) is 26.6. The van der Waals surface area contributed by atoms with E-state index in [4.69, 9.17) is 22.4 Å². The Morgan fingerprint density at radius 1 is 0.917 bits per heavy atom. The Hall–Kier alpha value is -0.578. The standard InChI is InChI=1S/C24H40FN2O6Si2.3C4H9.Sn/c1-10-29-21-11-12-27(24(28)26-21)23-19(13-25)22-20(31-23)14-30-34(15(2)3,16(4)5)33-35(32-22,17(6)7)18(8)9;3*1-3-4-2;/h11-12,15-18,20,22-23H,10,14H2,1-9H3;3*1,3-4H2,2H3;/t20-,22+,23+;;;;/m1..../s1. The van der Waals surface area contributed by atoms with Crippen molar-refractivity contribution in [2.24, 2.45) is 0 Å². The number of hydrogen-bond donors (Lipinski definition) is 0. The van der Waals surface area contributed by atoms with Gasteiger partial charge in [0.1, 0.15) is 0 Å². The summed E-state index contributed by atoms with van der Waals surface area (Å²) in [6.07, 6.45) is 5.49. The third-order valence-electron chi connectivity index (χ3n) is 10.6. The molecular weight excluding hydrogens is 750 g/mol. The fourth-order valence-electron chi connectivity index (χ4n) is 7.85. The monoisotopic (exact) mass is 818 g/mol. The number of hydrogen-bond acceptors (Lipinski definition) is 7. The van der Waals surface area contributed by atoms with Crippen molar-refractivity contribution in [2.75, 3.05) is 13.2 Å². The van der Waals surface area contributed by atoms with E-state index >= 15 is 4.39 Å². The Balaban J connectivity index is 2.40. The number of rotatable bonds is 17. The van der Waals surface area contributed by atoms with Crippen LogP contribution in [0.1, 0.15) is 128 Å². The molecule has 1 aromatic heterocycles. The summed E-state index contributed by atoms with van der Waals surface area (Å²) in [5.74, 6) is 0.250. The quantitative estimate of drug-likeness (QED) is 0.145. The first kappa shape index (κ1) is 41.8. The van der Waals surface area contributed by atoms with Gasteiger partial charge in [0.25, 0.3) is 0 Å². The Morgan fingerprint density at radius 3 is 1.88 bits per heavy atom. The van der Waals surface area contributed by atoms with Gasteiger partial charge in [-0.2, -0.15) is 0 Å². The van der Waals surface area contributed by atoms with Crippen molar-refractivity contribution in [2.45, 2.75) is 176 Å². The maximum absolute atomic E-state index is 18.3. The minimum absolute atomic E-state index is 0.0325. The van der Waals surface area contributed by atoms with Crippen LogP contribution >= 0.6 is 0 Å². The zero-order valence-electron chi connectivity index (χ0n) is 32.2. The normalized spacial score (nSPS) is 23.9. The summed E-state index contributed by atoms with van der Waals surface area (Å²) >= 11 is -3.70. The molecule has 2 aliphatic rings. The summed E-state index contributed by atoms with van der Waals surface area (Å²) in [5.41, 5.74) is 0.478. The molecule has 48 heavy (non-hydrogen) atoms. The first-order chi connectivity index (χ1) is 22.7. The molecule has 1 aromatic rings. The van der Waals surface area contributed by atoms with E-state index in [0.717, 1.165) is 51.8 Å². The third kappa shape index (κ3) is 8.71. The van der Waals surface area contributed by atoms with E-state index in [-0.39, 0.29) is 38.5 Å². The molecule has 0 aromatic carbocycles. The van der Waals surface area contributed by atoms with Crippen LogP contribution in [-0.2, 0) is 17.7 Å². The summed E-state index contributed by atoms with van der Waals surface area (Å²) in [6, 6.07) is 1.67. The van der Waals surface area contributed by atoms with Crippen LogP contribution in [-0.4, -0.2) is 70.5 Å². The van der Waals surface area contributed by atoms with Crippen LogP contribution in [0.15, 0.2) is 26.5 Å². The first-order valence-corrected chi connectivity index (χ1v) is 30.4. The van der Waals surface area contributed by atoms with Crippen LogP contribution in [0.25, 0.3) is 0 Å².